The van der Waals surface area contributed by atoms with Crippen molar-refractivity contribution in [2.24, 2.45) is 0 Å². The van der Waals surface area contributed by atoms with E-state index in [0.29, 0.717) is 23.9 Å². The van der Waals surface area contributed by atoms with Gasteiger partial charge in [0.15, 0.2) is 0 Å². The van der Waals surface area contributed by atoms with Crippen LogP contribution in [0.15, 0.2) is 24.5 Å². The molecule has 0 atom stereocenters. The highest BCUT2D eigenvalue weighted by molar-refractivity contribution is 5.92. The second kappa shape index (κ2) is 6.65. The molecule has 1 amide bonds. The summed E-state index contributed by atoms with van der Waals surface area (Å²) in [5.41, 5.74) is 0.410. The van der Waals surface area contributed by atoms with Crippen LogP contribution >= 0.6 is 0 Å². The van der Waals surface area contributed by atoms with E-state index in [-0.39, 0.29) is 5.91 Å². The summed E-state index contributed by atoms with van der Waals surface area (Å²) in [7, 11) is 1.71. The SMILES string of the molecule is CCCNc1cccc(C(=O)N(C)Cc2ncn[nH]2)n1. The fraction of sp³-hybridized carbons (Fsp3) is 0.385. The highest BCUT2D eigenvalue weighted by Crippen LogP contribution is 2.08. The van der Waals surface area contributed by atoms with Crippen molar-refractivity contribution in [2.45, 2.75) is 19.9 Å². The lowest BCUT2D eigenvalue weighted by Gasteiger charge is -2.15. The zero-order valence-corrected chi connectivity index (χ0v) is 11.6. The van der Waals surface area contributed by atoms with Gasteiger partial charge in [0, 0.05) is 13.6 Å². The maximum Gasteiger partial charge on any atom is 0.272 e. The minimum Gasteiger partial charge on any atom is -0.370 e. The van der Waals surface area contributed by atoms with E-state index in [2.05, 4.69) is 32.4 Å². The van der Waals surface area contributed by atoms with E-state index in [1.807, 2.05) is 12.1 Å². The van der Waals surface area contributed by atoms with E-state index >= 15 is 0 Å². The standard InChI is InChI=1S/C13H18N6O/c1-3-7-14-11-6-4-5-10(17-11)13(20)19(2)8-12-15-9-16-18-12/h4-6,9H,3,7-8H2,1-2H3,(H,14,17)(H,15,16,18). The van der Waals surface area contributed by atoms with Crippen LogP contribution < -0.4 is 5.32 Å². The van der Waals surface area contributed by atoms with Gasteiger partial charge in [0.1, 0.15) is 23.7 Å². The number of pyridine rings is 1. The fourth-order valence-electron chi connectivity index (χ4n) is 1.70. The van der Waals surface area contributed by atoms with Gasteiger partial charge in [0.2, 0.25) is 0 Å². The molecule has 7 heteroatoms. The van der Waals surface area contributed by atoms with E-state index in [1.54, 1.807) is 18.0 Å². The van der Waals surface area contributed by atoms with E-state index in [0.717, 1.165) is 13.0 Å². The first kappa shape index (κ1) is 14.0. The Morgan fingerprint density at radius 2 is 2.30 bits per heavy atom. The molecule has 0 saturated heterocycles. The molecular weight excluding hydrogens is 256 g/mol. The third kappa shape index (κ3) is 3.53. The lowest BCUT2D eigenvalue weighted by molar-refractivity contribution is 0.0776. The van der Waals surface area contributed by atoms with Crippen LogP contribution in [0.1, 0.15) is 29.7 Å². The monoisotopic (exact) mass is 274 g/mol. The molecule has 0 aliphatic carbocycles. The molecule has 0 bridgehead atoms. The number of H-pyrrole nitrogens is 1. The molecule has 0 unspecified atom stereocenters. The number of hydrogen-bond acceptors (Lipinski definition) is 5. The van der Waals surface area contributed by atoms with Crippen molar-refractivity contribution in [3.63, 3.8) is 0 Å². The van der Waals surface area contributed by atoms with Crippen LogP contribution in [0.5, 0.6) is 0 Å². The molecule has 0 spiro atoms. The number of anilines is 1. The Morgan fingerprint density at radius 1 is 1.45 bits per heavy atom. The summed E-state index contributed by atoms with van der Waals surface area (Å²) in [6.45, 7) is 3.28. The molecule has 0 fully saturated rings. The average Bonchev–Trinajstić information content (AvgIpc) is 2.97. The summed E-state index contributed by atoms with van der Waals surface area (Å²) in [6, 6.07) is 5.37. The van der Waals surface area contributed by atoms with Gasteiger partial charge >= 0.3 is 0 Å². The number of aromatic nitrogens is 4. The first-order chi connectivity index (χ1) is 9.70. The molecule has 0 aliphatic rings. The molecule has 0 saturated carbocycles. The van der Waals surface area contributed by atoms with Gasteiger partial charge in [-0.15, -0.1) is 0 Å². The van der Waals surface area contributed by atoms with E-state index in [9.17, 15) is 4.79 Å². The van der Waals surface area contributed by atoms with Crippen LogP contribution in [0.2, 0.25) is 0 Å². The molecule has 2 aromatic heterocycles. The molecule has 0 radical (unpaired) electrons. The van der Waals surface area contributed by atoms with Gasteiger partial charge < -0.3 is 10.2 Å². The smallest absolute Gasteiger partial charge is 0.272 e. The molecular formula is C13H18N6O. The molecule has 2 rings (SSSR count). The van der Waals surface area contributed by atoms with Gasteiger partial charge in [0.05, 0.1) is 6.54 Å². The second-order valence-electron chi connectivity index (χ2n) is 4.43. The van der Waals surface area contributed by atoms with E-state index in [1.165, 1.54) is 6.33 Å². The summed E-state index contributed by atoms with van der Waals surface area (Å²) >= 11 is 0. The molecule has 2 heterocycles. The van der Waals surface area contributed by atoms with E-state index < -0.39 is 0 Å². The summed E-state index contributed by atoms with van der Waals surface area (Å²) < 4.78 is 0. The first-order valence-electron chi connectivity index (χ1n) is 6.51. The number of rotatable bonds is 6. The summed E-state index contributed by atoms with van der Waals surface area (Å²) in [5.74, 6) is 1.20. The van der Waals surface area contributed by atoms with Crippen molar-refractivity contribution >= 4 is 11.7 Å². The zero-order valence-electron chi connectivity index (χ0n) is 11.6. The topological polar surface area (TPSA) is 86.8 Å². The van der Waals surface area contributed by atoms with Crippen molar-refractivity contribution < 1.29 is 4.79 Å². The van der Waals surface area contributed by atoms with Crippen molar-refractivity contribution in [1.29, 1.82) is 0 Å². The summed E-state index contributed by atoms with van der Waals surface area (Å²) in [5, 5.41) is 9.65. The maximum absolute atomic E-state index is 12.3. The number of hydrogen-bond donors (Lipinski definition) is 2. The maximum atomic E-state index is 12.3. The quantitative estimate of drug-likeness (QED) is 0.829. The lowest BCUT2D eigenvalue weighted by Crippen LogP contribution is -2.27. The molecule has 0 aromatic carbocycles. The Morgan fingerprint density at radius 3 is 3.00 bits per heavy atom. The fourth-order valence-corrected chi connectivity index (χ4v) is 1.70. The highest BCUT2D eigenvalue weighted by atomic mass is 16.2. The van der Waals surface area contributed by atoms with Crippen LogP contribution in [-0.2, 0) is 6.54 Å². The van der Waals surface area contributed by atoms with E-state index in [4.69, 9.17) is 0 Å². The Bertz CT molecular complexity index is 554. The van der Waals surface area contributed by atoms with Crippen LogP contribution in [0.25, 0.3) is 0 Å². The van der Waals surface area contributed by atoms with Gasteiger partial charge in [0.25, 0.3) is 5.91 Å². The van der Waals surface area contributed by atoms with Crippen molar-refractivity contribution in [3.05, 3.63) is 36.0 Å². The van der Waals surface area contributed by atoms with Crippen molar-refractivity contribution in [2.75, 3.05) is 18.9 Å². The molecule has 0 aliphatic heterocycles. The van der Waals surface area contributed by atoms with Crippen molar-refractivity contribution in [3.8, 4) is 0 Å². The number of carbonyl (C=O) groups is 1. The minimum atomic E-state index is -0.151. The molecule has 2 aromatic rings. The third-order valence-electron chi connectivity index (χ3n) is 2.72. The molecule has 20 heavy (non-hydrogen) atoms. The zero-order chi connectivity index (χ0) is 14.4. The third-order valence-corrected chi connectivity index (χ3v) is 2.72. The van der Waals surface area contributed by atoms with Crippen LogP contribution in [-0.4, -0.2) is 44.6 Å². The molecule has 2 N–H and O–H groups in total. The van der Waals surface area contributed by atoms with Crippen LogP contribution in [0, 0.1) is 0 Å². The number of amides is 1. The van der Waals surface area contributed by atoms with Gasteiger partial charge in [-0.05, 0) is 18.6 Å². The highest BCUT2D eigenvalue weighted by Gasteiger charge is 2.14. The number of nitrogens with one attached hydrogen (secondary N) is 2. The average molecular weight is 274 g/mol. The van der Waals surface area contributed by atoms with Gasteiger partial charge in [-0.3, -0.25) is 9.89 Å². The summed E-state index contributed by atoms with van der Waals surface area (Å²) in [4.78, 5) is 22.1. The Hall–Kier alpha value is -2.44. The number of carbonyl (C=O) groups excluding carboxylic acids is 1. The van der Waals surface area contributed by atoms with Crippen LogP contribution in [0.4, 0.5) is 5.82 Å². The Labute approximate surface area is 117 Å². The summed E-state index contributed by atoms with van der Waals surface area (Å²) in [6.07, 6.45) is 2.42. The first-order valence-corrected chi connectivity index (χ1v) is 6.51. The second-order valence-corrected chi connectivity index (χ2v) is 4.43. The number of aromatic amines is 1. The molecule has 7 nitrogen and oxygen atoms in total. The number of nitrogens with zero attached hydrogens (tertiary/aromatic N) is 4. The lowest BCUT2D eigenvalue weighted by atomic mass is 10.3. The van der Waals surface area contributed by atoms with Gasteiger partial charge in [-0.25, -0.2) is 9.97 Å². The van der Waals surface area contributed by atoms with Crippen LogP contribution in [0.3, 0.4) is 0 Å². The minimum absolute atomic E-state index is 0.151. The Kier molecular flexibility index (Phi) is 4.65. The van der Waals surface area contributed by atoms with Crippen molar-refractivity contribution in [1.82, 2.24) is 25.1 Å². The normalized spacial score (nSPS) is 10.3. The van der Waals surface area contributed by atoms with Gasteiger partial charge in [-0.2, -0.15) is 5.10 Å². The van der Waals surface area contributed by atoms with Gasteiger partial charge in [-0.1, -0.05) is 13.0 Å². The molecule has 106 valence electrons. The predicted molar refractivity (Wildman–Crippen MR) is 75.2 cm³/mol. The largest absolute Gasteiger partial charge is 0.370 e. The Balaban J connectivity index is 2.04. The predicted octanol–water partition coefficient (Wildman–Crippen LogP) is 1.29.